The van der Waals surface area contributed by atoms with Crippen LogP contribution in [-0.2, 0) is 4.74 Å². The highest BCUT2D eigenvalue weighted by Gasteiger charge is 2.18. The predicted molar refractivity (Wildman–Crippen MR) is 99.2 cm³/mol. The zero-order valence-corrected chi connectivity index (χ0v) is 15.3. The molecule has 0 aliphatic heterocycles. The van der Waals surface area contributed by atoms with Gasteiger partial charge in [-0.2, -0.15) is 0 Å². The van der Waals surface area contributed by atoms with Crippen LogP contribution < -0.4 is 0 Å². The summed E-state index contributed by atoms with van der Waals surface area (Å²) in [6.07, 6.45) is 7.82. The second kappa shape index (κ2) is 8.35. The van der Waals surface area contributed by atoms with Crippen LogP contribution in [0.2, 0.25) is 0 Å². The van der Waals surface area contributed by atoms with E-state index in [1.54, 1.807) is 0 Å². The molecular weight excluding hydrogens is 282 g/mol. The normalized spacial score (nSPS) is 17.2. The lowest BCUT2D eigenvalue weighted by molar-refractivity contribution is -0.906. The molecule has 2 nitrogen and oxygen atoms in total. The number of nitrogens with zero attached hydrogens (tertiary/aromatic N) is 1. The standard InChI is InChI=1S/C21H32NO/c1-5-22(4,6-2)16-17-23-21(19-10-8-7-9-11-19)20-14-12-18(3)13-15-20/h7-8,12-15H,5-6,9-11,16-17H2,1-4H3/q+1/b21-19-. The summed E-state index contributed by atoms with van der Waals surface area (Å²) >= 11 is 0. The number of hydrogen-bond donors (Lipinski definition) is 0. The Balaban J connectivity index is 2.15. The molecule has 0 saturated heterocycles. The van der Waals surface area contributed by atoms with Crippen molar-refractivity contribution in [2.45, 2.75) is 40.0 Å². The Kier molecular flexibility index (Phi) is 6.47. The first kappa shape index (κ1) is 17.8. The molecule has 0 saturated carbocycles. The number of hydrogen-bond acceptors (Lipinski definition) is 1. The summed E-state index contributed by atoms with van der Waals surface area (Å²) in [6, 6.07) is 8.75. The summed E-state index contributed by atoms with van der Waals surface area (Å²) in [7, 11) is 2.31. The summed E-state index contributed by atoms with van der Waals surface area (Å²) in [5.74, 6) is 1.12. The van der Waals surface area contributed by atoms with Gasteiger partial charge in [0.25, 0.3) is 0 Å². The lowest BCUT2D eigenvalue weighted by Crippen LogP contribution is -2.45. The van der Waals surface area contributed by atoms with Gasteiger partial charge in [-0.15, -0.1) is 0 Å². The molecule has 0 radical (unpaired) electrons. The van der Waals surface area contributed by atoms with E-state index in [2.05, 4.69) is 64.2 Å². The van der Waals surface area contributed by atoms with E-state index in [9.17, 15) is 0 Å². The van der Waals surface area contributed by atoms with Gasteiger partial charge < -0.3 is 9.22 Å². The van der Waals surface area contributed by atoms with Gasteiger partial charge in [0.15, 0.2) is 0 Å². The van der Waals surface area contributed by atoms with Gasteiger partial charge in [0.05, 0.1) is 20.1 Å². The first-order chi connectivity index (χ1) is 11.1. The van der Waals surface area contributed by atoms with Crippen molar-refractivity contribution in [1.82, 2.24) is 0 Å². The van der Waals surface area contributed by atoms with Crippen molar-refractivity contribution >= 4 is 5.76 Å². The fourth-order valence-electron chi connectivity index (χ4n) is 2.91. The van der Waals surface area contributed by atoms with Crippen molar-refractivity contribution in [3.8, 4) is 0 Å². The summed E-state index contributed by atoms with van der Waals surface area (Å²) in [5, 5.41) is 0. The average Bonchev–Trinajstić information content (AvgIpc) is 2.60. The summed E-state index contributed by atoms with van der Waals surface area (Å²) in [5.41, 5.74) is 3.96. The Labute approximate surface area is 142 Å². The van der Waals surface area contributed by atoms with Crippen molar-refractivity contribution in [3.05, 3.63) is 53.1 Å². The van der Waals surface area contributed by atoms with E-state index in [-0.39, 0.29) is 0 Å². The maximum atomic E-state index is 6.34. The molecule has 0 heterocycles. The Morgan fingerprint density at radius 3 is 2.35 bits per heavy atom. The number of allylic oxidation sites excluding steroid dienone is 3. The minimum Gasteiger partial charge on any atom is -0.487 e. The Morgan fingerprint density at radius 2 is 1.78 bits per heavy atom. The van der Waals surface area contributed by atoms with E-state index in [4.69, 9.17) is 4.74 Å². The third kappa shape index (κ3) is 4.97. The average molecular weight is 314 g/mol. The maximum Gasteiger partial charge on any atom is 0.137 e. The fraction of sp³-hybridized carbons (Fsp3) is 0.524. The Morgan fingerprint density at radius 1 is 1.09 bits per heavy atom. The molecule has 1 aliphatic carbocycles. The van der Waals surface area contributed by atoms with E-state index in [1.807, 2.05) is 0 Å². The molecule has 0 amide bonds. The molecule has 0 spiro atoms. The first-order valence-electron chi connectivity index (χ1n) is 8.98. The molecule has 126 valence electrons. The fourth-order valence-corrected chi connectivity index (χ4v) is 2.91. The molecular formula is C21H32NO+. The largest absolute Gasteiger partial charge is 0.487 e. The van der Waals surface area contributed by atoms with Crippen LogP contribution in [0.5, 0.6) is 0 Å². The van der Waals surface area contributed by atoms with Crippen molar-refractivity contribution in [2.75, 3.05) is 33.3 Å². The maximum absolute atomic E-state index is 6.34. The molecule has 0 unspecified atom stereocenters. The zero-order chi connectivity index (χ0) is 16.7. The van der Waals surface area contributed by atoms with Gasteiger partial charge in [-0.05, 0) is 45.6 Å². The second-order valence-corrected chi connectivity index (χ2v) is 6.84. The smallest absolute Gasteiger partial charge is 0.137 e. The molecule has 0 atom stereocenters. The lowest BCUT2D eigenvalue weighted by atomic mass is 9.96. The summed E-state index contributed by atoms with van der Waals surface area (Å²) < 4.78 is 7.40. The van der Waals surface area contributed by atoms with Gasteiger partial charge in [0.1, 0.15) is 18.9 Å². The van der Waals surface area contributed by atoms with Crippen LogP contribution in [0.15, 0.2) is 42.0 Å². The van der Waals surface area contributed by atoms with Crippen molar-refractivity contribution in [2.24, 2.45) is 0 Å². The van der Waals surface area contributed by atoms with Crippen LogP contribution in [0.3, 0.4) is 0 Å². The van der Waals surface area contributed by atoms with Gasteiger partial charge in [-0.1, -0.05) is 42.0 Å². The van der Waals surface area contributed by atoms with Gasteiger partial charge in [0.2, 0.25) is 0 Å². The van der Waals surface area contributed by atoms with Crippen LogP contribution in [0.4, 0.5) is 0 Å². The van der Waals surface area contributed by atoms with Crippen LogP contribution in [0.25, 0.3) is 5.76 Å². The SMILES string of the molecule is CC[N+](C)(CC)CCO/C(=C1/CC=CCC1)c1ccc(C)cc1. The monoisotopic (exact) mass is 314 g/mol. The van der Waals surface area contributed by atoms with E-state index in [0.29, 0.717) is 0 Å². The molecule has 2 heteroatoms. The van der Waals surface area contributed by atoms with Crippen molar-refractivity contribution in [1.29, 1.82) is 0 Å². The van der Waals surface area contributed by atoms with Crippen molar-refractivity contribution in [3.63, 3.8) is 0 Å². The molecule has 1 aromatic rings. The van der Waals surface area contributed by atoms with E-state index < -0.39 is 0 Å². The highest BCUT2D eigenvalue weighted by molar-refractivity contribution is 5.64. The van der Waals surface area contributed by atoms with Crippen LogP contribution in [0.1, 0.15) is 44.2 Å². The van der Waals surface area contributed by atoms with Crippen LogP contribution in [0, 0.1) is 6.92 Å². The number of aryl methyl sites for hydroxylation is 1. The quantitative estimate of drug-likeness (QED) is 0.393. The Bertz CT molecular complexity index is 550. The number of likely N-dealkylation sites (N-methyl/N-ethyl adjacent to an activating group) is 1. The minimum atomic E-state index is 0.786. The third-order valence-electron chi connectivity index (χ3n) is 5.18. The summed E-state index contributed by atoms with van der Waals surface area (Å²) in [6.45, 7) is 10.8. The number of rotatable bonds is 7. The van der Waals surface area contributed by atoms with E-state index in [0.717, 1.165) is 55.7 Å². The van der Waals surface area contributed by atoms with Crippen molar-refractivity contribution < 1.29 is 9.22 Å². The highest BCUT2D eigenvalue weighted by Crippen LogP contribution is 2.29. The molecule has 1 aromatic carbocycles. The Hall–Kier alpha value is -1.54. The highest BCUT2D eigenvalue weighted by atomic mass is 16.5. The second-order valence-electron chi connectivity index (χ2n) is 6.84. The molecule has 0 fully saturated rings. The van der Waals surface area contributed by atoms with Gasteiger partial charge in [0, 0.05) is 5.56 Å². The first-order valence-corrected chi connectivity index (χ1v) is 8.98. The van der Waals surface area contributed by atoms with Gasteiger partial charge in [-0.3, -0.25) is 0 Å². The van der Waals surface area contributed by atoms with Crippen LogP contribution in [-0.4, -0.2) is 37.8 Å². The minimum absolute atomic E-state index is 0.786. The van der Waals surface area contributed by atoms with Crippen LogP contribution >= 0.6 is 0 Å². The predicted octanol–water partition coefficient (Wildman–Crippen LogP) is 4.95. The molecule has 0 N–H and O–H groups in total. The number of quaternary nitrogens is 1. The molecule has 2 rings (SSSR count). The molecule has 0 aromatic heterocycles. The molecule has 0 bridgehead atoms. The number of benzene rings is 1. The topological polar surface area (TPSA) is 9.23 Å². The number of ether oxygens (including phenoxy) is 1. The molecule has 1 aliphatic rings. The van der Waals surface area contributed by atoms with E-state index in [1.165, 1.54) is 16.7 Å². The van der Waals surface area contributed by atoms with E-state index >= 15 is 0 Å². The van der Waals surface area contributed by atoms with Gasteiger partial charge >= 0.3 is 0 Å². The van der Waals surface area contributed by atoms with Gasteiger partial charge in [-0.25, -0.2) is 0 Å². The lowest BCUT2D eigenvalue weighted by Gasteiger charge is -2.32. The third-order valence-corrected chi connectivity index (χ3v) is 5.18. The molecule has 23 heavy (non-hydrogen) atoms. The zero-order valence-electron chi connectivity index (χ0n) is 15.3. The summed E-state index contributed by atoms with van der Waals surface area (Å²) in [4.78, 5) is 0.